The Bertz CT molecular complexity index is 229. The Morgan fingerprint density at radius 1 is 1.64 bits per heavy atom. The highest BCUT2D eigenvalue weighted by Crippen LogP contribution is 1.96. The summed E-state index contributed by atoms with van der Waals surface area (Å²) in [5, 5.41) is 8.47. The van der Waals surface area contributed by atoms with Crippen LogP contribution < -0.4 is 0 Å². The number of esters is 1. The van der Waals surface area contributed by atoms with Gasteiger partial charge in [0.15, 0.2) is 0 Å². The number of hydrogen-bond acceptors (Lipinski definition) is 5. The van der Waals surface area contributed by atoms with E-state index >= 15 is 0 Å². The van der Waals surface area contributed by atoms with Crippen molar-refractivity contribution in [3.8, 4) is 0 Å². The molecular weight excluding hydrogens is 176 g/mol. The van der Waals surface area contributed by atoms with Crippen molar-refractivity contribution in [1.29, 1.82) is 0 Å². The van der Waals surface area contributed by atoms with Gasteiger partial charge in [0.2, 0.25) is 0 Å². The molecule has 6 nitrogen and oxygen atoms in total. The number of aliphatic hydroxyl groups is 1. The first-order valence-electron chi connectivity index (χ1n) is 2.70. The maximum Gasteiger partial charge on any atom is 0.353 e. The van der Waals surface area contributed by atoms with E-state index in [4.69, 9.17) is 9.66 Å². The largest absolute Gasteiger partial charge is 0.463 e. The van der Waals surface area contributed by atoms with Crippen molar-refractivity contribution in [3.05, 3.63) is 0 Å². The molecule has 0 aromatic carbocycles. The first-order chi connectivity index (χ1) is 4.89. The summed E-state index contributed by atoms with van der Waals surface area (Å²) in [6.07, 6.45) is 0. The first-order valence-corrected chi connectivity index (χ1v) is 4.21. The van der Waals surface area contributed by atoms with Crippen LogP contribution in [-0.4, -0.2) is 36.1 Å². The van der Waals surface area contributed by atoms with E-state index in [1.165, 1.54) is 6.92 Å². The Labute approximate surface area is 63.5 Å². The standard InChI is InChI=1S/C4H8O6S/c1-2-10-3(5)4(6)11(7,8)9/h4,6H,2H2,1H3,(H,7,8,9). The minimum Gasteiger partial charge on any atom is -0.463 e. The summed E-state index contributed by atoms with van der Waals surface area (Å²) in [6, 6.07) is 0. The molecule has 0 aliphatic heterocycles. The minimum absolute atomic E-state index is 0.0641. The number of carbonyl (C=O) groups is 1. The predicted octanol–water partition coefficient (Wildman–Crippen LogP) is -1.24. The fourth-order valence-corrected chi connectivity index (χ4v) is 0.646. The third kappa shape index (κ3) is 3.30. The number of carbonyl (C=O) groups excluding carboxylic acids is 1. The van der Waals surface area contributed by atoms with Gasteiger partial charge in [-0.2, -0.15) is 8.42 Å². The van der Waals surface area contributed by atoms with Gasteiger partial charge in [-0.25, -0.2) is 4.79 Å². The highest BCUT2D eigenvalue weighted by atomic mass is 32.2. The first kappa shape index (κ1) is 10.3. The topological polar surface area (TPSA) is 101 Å². The van der Waals surface area contributed by atoms with Gasteiger partial charge >= 0.3 is 16.1 Å². The van der Waals surface area contributed by atoms with Crippen molar-refractivity contribution in [2.24, 2.45) is 0 Å². The van der Waals surface area contributed by atoms with E-state index < -0.39 is 21.5 Å². The van der Waals surface area contributed by atoms with E-state index in [2.05, 4.69) is 4.74 Å². The molecule has 2 N–H and O–H groups in total. The lowest BCUT2D eigenvalue weighted by atomic mass is 10.7. The minimum atomic E-state index is -4.74. The zero-order valence-electron chi connectivity index (χ0n) is 5.72. The van der Waals surface area contributed by atoms with Crippen LogP contribution in [0, 0.1) is 0 Å². The summed E-state index contributed by atoms with van der Waals surface area (Å²) in [5.74, 6) is -1.38. The monoisotopic (exact) mass is 184 g/mol. The molecule has 0 aromatic rings. The summed E-state index contributed by atoms with van der Waals surface area (Å²) in [7, 11) is -4.74. The van der Waals surface area contributed by atoms with Crippen LogP contribution in [0.25, 0.3) is 0 Å². The van der Waals surface area contributed by atoms with Crippen LogP contribution in [0.4, 0.5) is 0 Å². The molecule has 66 valence electrons. The molecule has 0 amide bonds. The quantitative estimate of drug-likeness (QED) is 0.420. The summed E-state index contributed by atoms with van der Waals surface area (Å²) >= 11 is 0. The molecule has 0 bridgehead atoms. The maximum absolute atomic E-state index is 10.4. The van der Waals surface area contributed by atoms with Crippen LogP contribution in [0.2, 0.25) is 0 Å². The third-order valence-electron chi connectivity index (χ3n) is 0.770. The molecule has 11 heavy (non-hydrogen) atoms. The summed E-state index contributed by atoms with van der Waals surface area (Å²) < 4.78 is 32.3. The smallest absolute Gasteiger partial charge is 0.353 e. The highest BCUT2D eigenvalue weighted by molar-refractivity contribution is 7.87. The van der Waals surface area contributed by atoms with Crippen LogP contribution in [-0.2, 0) is 19.6 Å². The molecule has 7 heteroatoms. The Kier molecular flexibility index (Phi) is 3.43. The lowest BCUT2D eigenvalue weighted by Gasteiger charge is -2.04. The summed E-state index contributed by atoms with van der Waals surface area (Å²) in [5.41, 5.74) is -2.50. The van der Waals surface area contributed by atoms with Crippen LogP contribution in [0.15, 0.2) is 0 Å². The zero-order valence-corrected chi connectivity index (χ0v) is 6.54. The Morgan fingerprint density at radius 2 is 2.09 bits per heavy atom. The van der Waals surface area contributed by atoms with E-state index in [1.54, 1.807) is 0 Å². The van der Waals surface area contributed by atoms with Gasteiger partial charge in [0.05, 0.1) is 6.61 Å². The van der Waals surface area contributed by atoms with Crippen LogP contribution >= 0.6 is 0 Å². The molecule has 0 radical (unpaired) electrons. The fraction of sp³-hybridized carbons (Fsp3) is 0.750. The Morgan fingerprint density at radius 3 is 2.36 bits per heavy atom. The van der Waals surface area contributed by atoms with Gasteiger partial charge < -0.3 is 9.84 Å². The van der Waals surface area contributed by atoms with Gasteiger partial charge in [0, 0.05) is 0 Å². The highest BCUT2D eigenvalue weighted by Gasteiger charge is 2.29. The molecule has 0 heterocycles. The predicted molar refractivity (Wildman–Crippen MR) is 34.2 cm³/mol. The fourth-order valence-electron chi connectivity index (χ4n) is 0.335. The molecule has 0 aliphatic carbocycles. The normalized spacial score (nSPS) is 14.1. The molecule has 0 saturated carbocycles. The Balaban J connectivity index is 4.27. The van der Waals surface area contributed by atoms with Gasteiger partial charge in [-0.3, -0.25) is 4.55 Å². The van der Waals surface area contributed by atoms with Crippen LogP contribution in [0.3, 0.4) is 0 Å². The average molecular weight is 184 g/mol. The molecule has 0 fully saturated rings. The van der Waals surface area contributed by atoms with Crippen LogP contribution in [0.5, 0.6) is 0 Å². The molecular formula is C4H8O6S. The molecule has 0 aromatic heterocycles. The van der Waals surface area contributed by atoms with Crippen LogP contribution in [0.1, 0.15) is 6.92 Å². The van der Waals surface area contributed by atoms with E-state index in [9.17, 15) is 13.2 Å². The zero-order chi connectivity index (χ0) is 9.07. The van der Waals surface area contributed by atoms with Gasteiger partial charge in [0.25, 0.3) is 5.44 Å². The van der Waals surface area contributed by atoms with Crippen molar-refractivity contribution < 1.29 is 27.6 Å². The third-order valence-corrected chi connectivity index (χ3v) is 1.53. The maximum atomic E-state index is 10.4. The van der Waals surface area contributed by atoms with Gasteiger partial charge in [-0.05, 0) is 6.92 Å². The molecule has 1 atom stereocenters. The lowest BCUT2D eigenvalue weighted by Crippen LogP contribution is -2.31. The second-order valence-electron chi connectivity index (χ2n) is 1.62. The van der Waals surface area contributed by atoms with Gasteiger partial charge in [-0.1, -0.05) is 0 Å². The number of hydrogen-bond donors (Lipinski definition) is 2. The lowest BCUT2D eigenvalue weighted by molar-refractivity contribution is -0.148. The van der Waals surface area contributed by atoms with Crippen molar-refractivity contribution in [2.75, 3.05) is 6.61 Å². The van der Waals surface area contributed by atoms with E-state index in [-0.39, 0.29) is 6.61 Å². The van der Waals surface area contributed by atoms with Crippen molar-refractivity contribution in [2.45, 2.75) is 12.4 Å². The van der Waals surface area contributed by atoms with E-state index in [1.807, 2.05) is 0 Å². The SMILES string of the molecule is CCOC(=O)C(O)S(=O)(=O)O. The average Bonchev–Trinajstić information content (AvgIpc) is 1.85. The van der Waals surface area contributed by atoms with Crippen molar-refractivity contribution in [3.63, 3.8) is 0 Å². The van der Waals surface area contributed by atoms with E-state index in [0.717, 1.165) is 0 Å². The molecule has 1 unspecified atom stereocenters. The number of aliphatic hydroxyl groups excluding tert-OH is 1. The number of rotatable bonds is 3. The van der Waals surface area contributed by atoms with Gasteiger partial charge in [-0.15, -0.1) is 0 Å². The molecule has 0 saturated heterocycles. The van der Waals surface area contributed by atoms with E-state index in [0.29, 0.717) is 0 Å². The molecule has 0 spiro atoms. The summed E-state index contributed by atoms with van der Waals surface area (Å²) in [6.45, 7) is 1.38. The van der Waals surface area contributed by atoms with Gasteiger partial charge in [0.1, 0.15) is 0 Å². The van der Waals surface area contributed by atoms with Crippen molar-refractivity contribution in [1.82, 2.24) is 0 Å². The summed E-state index contributed by atoms with van der Waals surface area (Å²) in [4.78, 5) is 10.4. The molecule has 0 aliphatic rings. The molecule has 0 rings (SSSR count). The second kappa shape index (κ2) is 3.65. The van der Waals surface area contributed by atoms with Crippen molar-refractivity contribution >= 4 is 16.1 Å². The number of ether oxygens (including phenoxy) is 1. The Hall–Kier alpha value is -0.660. The second-order valence-corrected chi connectivity index (χ2v) is 3.10.